The zero-order valence-corrected chi connectivity index (χ0v) is 19.1. The van der Waals surface area contributed by atoms with Crippen LogP contribution < -0.4 is 10.3 Å². The highest BCUT2D eigenvalue weighted by molar-refractivity contribution is 9.10. The summed E-state index contributed by atoms with van der Waals surface area (Å²) in [6, 6.07) is 17.6. The minimum Gasteiger partial charge on any atom is -0.450 e. The van der Waals surface area contributed by atoms with Crippen molar-refractivity contribution in [1.29, 1.82) is 0 Å². The molecule has 1 amide bonds. The van der Waals surface area contributed by atoms with Crippen molar-refractivity contribution in [3.05, 3.63) is 108 Å². The van der Waals surface area contributed by atoms with Crippen LogP contribution in [-0.4, -0.2) is 5.91 Å². The Kier molecular flexibility index (Phi) is 4.76. The van der Waals surface area contributed by atoms with E-state index in [0.717, 1.165) is 21.2 Å². The summed E-state index contributed by atoms with van der Waals surface area (Å²) < 4.78 is 6.76. The number of carbonyl (C=O) groups excluding carboxylic acids is 1. The molecule has 1 aliphatic rings. The van der Waals surface area contributed by atoms with Crippen LogP contribution in [0.4, 0.5) is 5.69 Å². The molecule has 6 heteroatoms. The summed E-state index contributed by atoms with van der Waals surface area (Å²) in [6.07, 6.45) is 0. The number of carbonyl (C=O) groups is 1. The molecule has 0 aliphatic carbocycles. The lowest BCUT2D eigenvalue weighted by Gasteiger charge is -2.26. The van der Waals surface area contributed by atoms with Crippen molar-refractivity contribution < 1.29 is 9.21 Å². The fourth-order valence-corrected chi connectivity index (χ4v) is 4.53. The summed E-state index contributed by atoms with van der Waals surface area (Å²) in [6.45, 7) is 4.02. The number of aryl methyl sites for hydroxylation is 2. The van der Waals surface area contributed by atoms with E-state index in [1.54, 1.807) is 35.2 Å². The molecule has 0 fully saturated rings. The molecule has 1 atom stereocenters. The van der Waals surface area contributed by atoms with Crippen LogP contribution in [0.1, 0.15) is 38.9 Å². The largest absolute Gasteiger partial charge is 0.450 e. The smallest absolute Gasteiger partial charge is 0.295 e. The first kappa shape index (κ1) is 20.0. The van der Waals surface area contributed by atoms with Crippen molar-refractivity contribution in [3.8, 4) is 0 Å². The van der Waals surface area contributed by atoms with Gasteiger partial charge in [-0.05, 0) is 73.0 Å². The lowest BCUT2D eigenvalue weighted by Crippen LogP contribution is -2.29. The van der Waals surface area contributed by atoms with Crippen LogP contribution in [0.25, 0.3) is 11.0 Å². The van der Waals surface area contributed by atoms with E-state index in [2.05, 4.69) is 15.9 Å². The molecule has 0 radical (unpaired) electrons. The van der Waals surface area contributed by atoms with E-state index >= 15 is 0 Å². The molecule has 0 bridgehead atoms. The van der Waals surface area contributed by atoms with E-state index in [1.165, 1.54) is 0 Å². The summed E-state index contributed by atoms with van der Waals surface area (Å²) in [5.41, 5.74) is 4.20. The van der Waals surface area contributed by atoms with Gasteiger partial charge < -0.3 is 4.42 Å². The standard InChI is InChI=1S/C25H17BrClNO3/c1-13-3-9-18(11-14(13)2)28-22(15-4-7-17(27)8-5-15)21-23(29)19-12-16(26)6-10-20(19)31-24(21)25(28)30/h3-12,22H,1-2H3. The minimum atomic E-state index is -0.610. The molecule has 0 saturated carbocycles. The Balaban J connectivity index is 1.82. The van der Waals surface area contributed by atoms with Gasteiger partial charge in [-0.1, -0.05) is 45.7 Å². The molecule has 1 unspecified atom stereocenters. The van der Waals surface area contributed by atoms with Crippen molar-refractivity contribution in [3.63, 3.8) is 0 Å². The van der Waals surface area contributed by atoms with Crippen LogP contribution in [0.3, 0.4) is 0 Å². The molecule has 2 heterocycles. The topological polar surface area (TPSA) is 50.5 Å². The quantitative estimate of drug-likeness (QED) is 0.316. The van der Waals surface area contributed by atoms with Crippen molar-refractivity contribution >= 4 is 50.1 Å². The summed E-state index contributed by atoms with van der Waals surface area (Å²) in [4.78, 5) is 28.8. The Morgan fingerprint density at radius 2 is 1.68 bits per heavy atom. The van der Waals surface area contributed by atoms with Gasteiger partial charge in [0.2, 0.25) is 5.76 Å². The third-order valence-corrected chi connectivity index (χ3v) is 6.53. The number of halogens is 2. The molecule has 0 N–H and O–H groups in total. The van der Waals surface area contributed by atoms with Crippen molar-refractivity contribution in [2.24, 2.45) is 0 Å². The summed E-state index contributed by atoms with van der Waals surface area (Å²) in [5.74, 6) is -0.252. The number of nitrogens with zero attached hydrogens (tertiary/aromatic N) is 1. The molecule has 154 valence electrons. The molecular formula is C25H17BrClNO3. The van der Waals surface area contributed by atoms with Crippen LogP contribution in [-0.2, 0) is 0 Å². The van der Waals surface area contributed by atoms with Crippen molar-refractivity contribution in [2.45, 2.75) is 19.9 Å². The molecule has 3 aromatic carbocycles. The highest BCUT2D eigenvalue weighted by Gasteiger charge is 2.43. The van der Waals surface area contributed by atoms with E-state index in [9.17, 15) is 9.59 Å². The average Bonchev–Trinajstić information content (AvgIpc) is 3.04. The predicted octanol–water partition coefficient (Wildman–Crippen LogP) is 6.58. The van der Waals surface area contributed by atoms with Gasteiger partial charge in [-0.15, -0.1) is 0 Å². The van der Waals surface area contributed by atoms with Crippen LogP contribution in [0.5, 0.6) is 0 Å². The molecule has 31 heavy (non-hydrogen) atoms. The molecule has 4 aromatic rings. The maximum atomic E-state index is 13.6. The second-order valence-electron chi connectivity index (χ2n) is 7.71. The highest BCUT2D eigenvalue weighted by atomic mass is 79.9. The van der Waals surface area contributed by atoms with Gasteiger partial charge in [-0.3, -0.25) is 14.5 Å². The normalized spacial score (nSPS) is 15.5. The molecule has 0 spiro atoms. The molecular weight excluding hydrogens is 478 g/mol. The van der Waals surface area contributed by atoms with Gasteiger partial charge in [-0.2, -0.15) is 0 Å². The number of amides is 1. The van der Waals surface area contributed by atoms with E-state index in [0.29, 0.717) is 27.2 Å². The molecule has 4 nitrogen and oxygen atoms in total. The van der Waals surface area contributed by atoms with Gasteiger partial charge in [0.15, 0.2) is 5.43 Å². The van der Waals surface area contributed by atoms with Gasteiger partial charge in [0.25, 0.3) is 5.91 Å². The first-order valence-electron chi connectivity index (χ1n) is 9.77. The second kappa shape index (κ2) is 7.36. The first-order valence-corrected chi connectivity index (χ1v) is 10.9. The van der Waals surface area contributed by atoms with Crippen LogP contribution in [0, 0.1) is 13.8 Å². The number of hydrogen-bond donors (Lipinski definition) is 0. The number of rotatable bonds is 2. The fourth-order valence-electron chi connectivity index (χ4n) is 4.05. The van der Waals surface area contributed by atoms with Crippen molar-refractivity contribution in [1.82, 2.24) is 0 Å². The third-order valence-electron chi connectivity index (χ3n) is 5.79. The van der Waals surface area contributed by atoms with E-state index in [4.69, 9.17) is 16.0 Å². The van der Waals surface area contributed by atoms with Gasteiger partial charge in [0, 0.05) is 15.2 Å². The lowest BCUT2D eigenvalue weighted by atomic mass is 9.98. The van der Waals surface area contributed by atoms with Crippen LogP contribution in [0.15, 0.2) is 74.3 Å². The molecule has 1 aromatic heterocycles. The molecule has 5 rings (SSSR count). The third kappa shape index (κ3) is 3.20. The average molecular weight is 495 g/mol. The Labute approximate surface area is 192 Å². The maximum absolute atomic E-state index is 13.6. The zero-order valence-electron chi connectivity index (χ0n) is 16.8. The Morgan fingerprint density at radius 1 is 0.935 bits per heavy atom. The highest BCUT2D eigenvalue weighted by Crippen LogP contribution is 2.42. The summed E-state index contributed by atoms with van der Waals surface area (Å²) in [5, 5.41) is 1.02. The van der Waals surface area contributed by atoms with E-state index < -0.39 is 6.04 Å². The van der Waals surface area contributed by atoms with Crippen molar-refractivity contribution in [2.75, 3.05) is 4.90 Å². The van der Waals surface area contributed by atoms with Gasteiger partial charge in [-0.25, -0.2) is 0 Å². The van der Waals surface area contributed by atoms with Gasteiger partial charge >= 0.3 is 0 Å². The second-order valence-corrected chi connectivity index (χ2v) is 9.06. The zero-order chi connectivity index (χ0) is 21.9. The number of anilines is 1. The fraction of sp³-hybridized carbons (Fsp3) is 0.120. The lowest BCUT2D eigenvalue weighted by molar-refractivity contribution is 0.0971. The van der Waals surface area contributed by atoms with E-state index in [-0.39, 0.29) is 17.1 Å². The van der Waals surface area contributed by atoms with Crippen LogP contribution in [0.2, 0.25) is 5.02 Å². The Morgan fingerprint density at radius 3 is 2.39 bits per heavy atom. The number of hydrogen-bond acceptors (Lipinski definition) is 3. The number of benzene rings is 3. The monoisotopic (exact) mass is 493 g/mol. The first-order chi connectivity index (χ1) is 14.8. The SMILES string of the molecule is Cc1ccc(N2C(=O)c3oc4ccc(Br)cc4c(=O)c3C2c2ccc(Cl)cc2)cc1C. The Hall–Kier alpha value is -2.89. The molecule has 0 saturated heterocycles. The summed E-state index contributed by atoms with van der Waals surface area (Å²) in [7, 11) is 0. The maximum Gasteiger partial charge on any atom is 0.295 e. The minimum absolute atomic E-state index is 0.0815. The molecule has 1 aliphatic heterocycles. The number of fused-ring (bicyclic) bond motifs is 2. The van der Waals surface area contributed by atoms with E-state index in [1.807, 2.05) is 44.2 Å². The van der Waals surface area contributed by atoms with Gasteiger partial charge in [0.05, 0.1) is 17.0 Å². The summed E-state index contributed by atoms with van der Waals surface area (Å²) >= 11 is 9.52. The van der Waals surface area contributed by atoms with Gasteiger partial charge in [0.1, 0.15) is 5.58 Å². The Bertz CT molecular complexity index is 1430. The van der Waals surface area contributed by atoms with Crippen LogP contribution >= 0.6 is 27.5 Å². The predicted molar refractivity (Wildman–Crippen MR) is 126 cm³/mol.